The molecule has 0 N–H and O–H groups in total. The number of nitrogens with zero attached hydrogens (tertiary/aromatic N) is 6. The van der Waals surface area contributed by atoms with Gasteiger partial charge >= 0.3 is 0 Å². The molecule has 0 atom stereocenters. The van der Waals surface area contributed by atoms with Crippen LogP contribution >= 0.6 is 0 Å². The number of benzene rings is 23. The van der Waals surface area contributed by atoms with Gasteiger partial charge in [-0.25, -0.2) is 0 Å². The van der Waals surface area contributed by atoms with E-state index in [2.05, 4.69) is 586 Å². The summed E-state index contributed by atoms with van der Waals surface area (Å²) in [6.45, 7) is 0. The minimum atomic E-state index is 1.15. The molecular weight excluding hydrogens is 1740 g/mol. The maximum atomic E-state index is 2.45. The van der Waals surface area contributed by atoms with Gasteiger partial charge in [0, 0.05) is 98.8 Å². The quantitative estimate of drug-likeness (QED) is 0.104. The lowest BCUT2D eigenvalue weighted by molar-refractivity contribution is 1.17. The second-order valence-corrected chi connectivity index (χ2v) is 37.3. The molecule has 144 heavy (non-hydrogen) atoms. The normalized spacial score (nSPS) is 11.6. The number of hydrogen-bond acceptors (Lipinski definition) is 0. The highest BCUT2D eigenvalue weighted by Gasteiger charge is 2.27. The Labute approximate surface area is 833 Å². The summed E-state index contributed by atoms with van der Waals surface area (Å²) in [5.41, 5.74) is 40.9. The number of para-hydroxylation sites is 4. The van der Waals surface area contributed by atoms with E-state index >= 15 is 0 Å². The summed E-state index contributed by atoms with van der Waals surface area (Å²) in [5, 5.41) is 15.2. The van der Waals surface area contributed by atoms with Gasteiger partial charge < -0.3 is 27.4 Å². The Kier molecular flexibility index (Phi) is 20.9. The molecule has 29 aromatic rings. The fourth-order valence-corrected chi connectivity index (χ4v) is 22.6. The molecule has 6 aromatic heterocycles. The lowest BCUT2D eigenvalue weighted by Gasteiger charge is -2.11. The van der Waals surface area contributed by atoms with Gasteiger partial charge in [-0.1, -0.05) is 400 Å². The number of aromatic nitrogens is 6. The number of rotatable bonds is 14. The molecule has 0 saturated heterocycles. The predicted molar refractivity (Wildman–Crippen MR) is 609 cm³/mol. The number of hydrogen-bond donors (Lipinski definition) is 0. The van der Waals surface area contributed by atoms with Gasteiger partial charge in [-0.15, -0.1) is 0 Å². The SMILES string of the molecule is c1ccc(-c2ccc(-n3c4ccc(-c5ccccc5)cc4c4c5c6ccccc6n(-c6cccc(-c7ccccc7)c6)c5ccc43)cc2)cc1.c1ccc(-c2ccc(-n3c4ccccc4c4c5c6cc(-c7ccccc7)ccc6n(-c6ccccc6)c5ccc43)cc2)cc1.c1ccc(-c2ccc(-n3c4ccccc4c4c5c6ccc(-c7ccccc7)cc6n(-c6ccc(-c7ccccc7)cc6)c5ccc43)cc2)cc1. The molecule has 29 rings (SSSR count). The van der Waals surface area contributed by atoms with E-state index in [-0.39, 0.29) is 0 Å². The van der Waals surface area contributed by atoms with Gasteiger partial charge in [-0.2, -0.15) is 0 Å². The van der Waals surface area contributed by atoms with Crippen LogP contribution in [-0.4, -0.2) is 27.4 Å². The molecule has 0 saturated carbocycles. The van der Waals surface area contributed by atoms with Crippen molar-refractivity contribution in [3.05, 3.63) is 558 Å². The third kappa shape index (κ3) is 14.6. The first-order chi connectivity index (χ1) is 71.5. The zero-order chi connectivity index (χ0) is 95.1. The van der Waals surface area contributed by atoms with Crippen molar-refractivity contribution in [1.82, 2.24) is 27.4 Å². The first-order valence-electron chi connectivity index (χ1n) is 49.5. The molecule has 6 heteroatoms. The van der Waals surface area contributed by atoms with E-state index in [0.29, 0.717) is 0 Å². The van der Waals surface area contributed by atoms with Crippen molar-refractivity contribution in [2.45, 2.75) is 0 Å². The smallest absolute Gasteiger partial charge is 0.0548 e. The first kappa shape index (κ1) is 84.2. The largest absolute Gasteiger partial charge is 0.309 e. The number of fused-ring (bicyclic) bond motifs is 21. The molecule has 0 unspecified atom stereocenters. The molecule has 6 nitrogen and oxygen atoms in total. The van der Waals surface area contributed by atoms with Crippen LogP contribution in [0.1, 0.15) is 0 Å². The van der Waals surface area contributed by atoms with Gasteiger partial charge in [0.2, 0.25) is 0 Å². The molecule has 23 aromatic carbocycles. The minimum Gasteiger partial charge on any atom is -0.309 e. The predicted octanol–water partition coefficient (Wildman–Crippen LogP) is 37.0. The Hall–Kier alpha value is -19.1. The van der Waals surface area contributed by atoms with Crippen LogP contribution in [0.5, 0.6) is 0 Å². The van der Waals surface area contributed by atoms with Crippen LogP contribution in [0.2, 0.25) is 0 Å². The van der Waals surface area contributed by atoms with Crippen molar-refractivity contribution in [2.24, 2.45) is 0 Å². The van der Waals surface area contributed by atoms with Gasteiger partial charge in [-0.05, 0) is 247 Å². The highest BCUT2D eigenvalue weighted by atomic mass is 15.0. The van der Waals surface area contributed by atoms with Crippen LogP contribution in [-0.2, 0) is 0 Å². The van der Waals surface area contributed by atoms with E-state index in [9.17, 15) is 0 Å². The molecule has 6 heterocycles. The minimum absolute atomic E-state index is 1.15. The standard InChI is InChI=1S/2C48H32N2.C42H28N2/c1-4-13-33(14-5-1)36-23-26-39(27-24-36)49-44-28-25-38(35-17-8-3-9-18-35)32-42(44)48-46(49)30-29-45-47(48)41-21-10-11-22-43(41)50(45)40-20-12-19-37(31-40)34-15-6-2-7-16-34;1-4-12-33(13-5-1)36-20-25-39(26-21-36)49-43-19-11-10-18-41(43)47-44(49)30-31-45-48(47)42-29-24-38(35-16-8-3-9-17-35)32-46(42)50(45)40-27-22-37(23-28-40)34-14-6-2-7-15-34;1-4-12-29(13-5-1)31-20-23-34(24-21-31)44-37-19-11-10-18-35(37)41-39(44)26-27-40-42(41)36-28-32(30-14-6-2-7-15-30)22-25-38(36)43(40)33-16-8-3-9-17-33/h2*1-32H;1-28H. The molecular formula is C138H92N6. The van der Waals surface area contributed by atoms with E-state index in [1.807, 2.05) is 0 Å². The summed E-state index contributed by atoms with van der Waals surface area (Å²) >= 11 is 0. The average Bonchev–Trinajstić information content (AvgIpc) is 1.55. The van der Waals surface area contributed by atoms with Gasteiger partial charge in [0.05, 0.1) is 66.2 Å². The lowest BCUT2D eigenvalue weighted by Crippen LogP contribution is -1.95. The van der Waals surface area contributed by atoms with Crippen molar-refractivity contribution in [3.8, 4) is 123 Å². The van der Waals surface area contributed by atoms with Gasteiger partial charge in [-0.3, -0.25) is 0 Å². The van der Waals surface area contributed by atoms with E-state index in [4.69, 9.17) is 0 Å². The van der Waals surface area contributed by atoms with Gasteiger partial charge in [0.15, 0.2) is 0 Å². The summed E-state index contributed by atoms with van der Waals surface area (Å²) < 4.78 is 14.6. The maximum Gasteiger partial charge on any atom is 0.0548 e. The molecule has 0 amide bonds. The van der Waals surface area contributed by atoms with Crippen LogP contribution in [0.4, 0.5) is 0 Å². The topological polar surface area (TPSA) is 29.6 Å². The van der Waals surface area contributed by atoms with E-state index in [0.717, 1.165) is 28.4 Å². The molecule has 0 aliphatic carbocycles. The summed E-state index contributed by atoms with van der Waals surface area (Å²) in [6.07, 6.45) is 0. The molecule has 0 bridgehead atoms. The second kappa shape index (κ2) is 35.7. The lowest BCUT2D eigenvalue weighted by atomic mass is 10.0. The summed E-state index contributed by atoms with van der Waals surface area (Å²) in [5.74, 6) is 0. The Bertz CT molecular complexity index is 9900. The van der Waals surface area contributed by atoms with E-state index < -0.39 is 0 Å². The maximum absolute atomic E-state index is 2.45. The first-order valence-corrected chi connectivity index (χ1v) is 49.5. The second-order valence-electron chi connectivity index (χ2n) is 37.3. The van der Waals surface area contributed by atoms with Crippen molar-refractivity contribution in [1.29, 1.82) is 0 Å². The zero-order valence-electron chi connectivity index (χ0n) is 78.8. The van der Waals surface area contributed by atoms with E-state index in [1.165, 1.54) is 226 Å². The fourth-order valence-electron chi connectivity index (χ4n) is 22.6. The molecule has 0 fully saturated rings. The van der Waals surface area contributed by atoms with Crippen molar-refractivity contribution in [3.63, 3.8) is 0 Å². The molecule has 0 radical (unpaired) electrons. The van der Waals surface area contributed by atoms with E-state index in [1.54, 1.807) is 0 Å². The Balaban J connectivity index is 0.000000108. The molecule has 0 aliphatic rings. The Morgan fingerprint density at radius 3 is 0.556 bits per heavy atom. The zero-order valence-corrected chi connectivity index (χ0v) is 78.8. The van der Waals surface area contributed by atoms with Crippen molar-refractivity contribution >= 4 is 131 Å². The van der Waals surface area contributed by atoms with Crippen LogP contribution < -0.4 is 0 Å². The monoisotopic (exact) mass is 1830 g/mol. The third-order valence-electron chi connectivity index (χ3n) is 29.2. The Morgan fingerprint density at radius 1 is 0.0833 bits per heavy atom. The molecule has 0 spiro atoms. The fraction of sp³-hybridized carbons (Fsp3) is 0. The van der Waals surface area contributed by atoms with Crippen LogP contribution in [0.3, 0.4) is 0 Å². The van der Waals surface area contributed by atoms with Crippen LogP contribution in [0.15, 0.2) is 558 Å². The molecule has 0 aliphatic heterocycles. The van der Waals surface area contributed by atoms with Crippen molar-refractivity contribution in [2.75, 3.05) is 0 Å². The summed E-state index contributed by atoms with van der Waals surface area (Å²) in [4.78, 5) is 0. The van der Waals surface area contributed by atoms with Crippen molar-refractivity contribution < 1.29 is 0 Å². The van der Waals surface area contributed by atoms with Crippen LogP contribution in [0.25, 0.3) is 254 Å². The highest BCUT2D eigenvalue weighted by Crippen LogP contribution is 2.50. The van der Waals surface area contributed by atoms with Crippen LogP contribution in [0, 0.1) is 0 Å². The van der Waals surface area contributed by atoms with Gasteiger partial charge in [0.25, 0.3) is 0 Å². The highest BCUT2D eigenvalue weighted by molar-refractivity contribution is 6.32. The average molecular weight is 1830 g/mol. The summed E-state index contributed by atoms with van der Waals surface area (Å²) in [7, 11) is 0. The molecule has 674 valence electrons. The third-order valence-corrected chi connectivity index (χ3v) is 29.2. The van der Waals surface area contributed by atoms with Gasteiger partial charge in [0.1, 0.15) is 0 Å². The summed E-state index contributed by atoms with van der Waals surface area (Å²) in [6, 6.07) is 202. The Morgan fingerprint density at radius 2 is 0.257 bits per heavy atom.